The highest BCUT2D eigenvalue weighted by atomic mass is 31.2. The van der Waals surface area contributed by atoms with E-state index in [-0.39, 0.29) is 17.5 Å². The van der Waals surface area contributed by atoms with Crippen LogP contribution in [0.2, 0.25) is 0 Å². The maximum atomic E-state index is 13.3. The zero-order chi connectivity index (χ0) is 46.2. The Balaban J connectivity index is 1.19. The van der Waals surface area contributed by atoms with Gasteiger partial charge in [0.15, 0.2) is 18.7 Å². The lowest BCUT2D eigenvalue weighted by molar-refractivity contribution is -0.240. The van der Waals surface area contributed by atoms with Crippen LogP contribution in [0, 0.1) is 0 Å². The number of methoxy groups -OCH3 is 1. The Morgan fingerprint density at radius 1 is 0.587 bits per heavy atom. The van der Waals surface area contributed by atoms with Crippen LogP contribution in [0.3, 0.4) is 0 Å². The number of aromatic nitrogens is 6. The first-order chi connectivity index (χ1) is 29.5. The summed E-state index contributed by atoms with van der Waals surface area (Å²) in [6.07, 6.45) is -18.4. The molecule has 9 N–H and O–H groups in total. The summed E-state index contributed by atoms with van der Waals surface area (Å²) in [5, 5.41) is 33.2. The summed E-state index contributed by atoms with van der Waals surface area (Å²) < 4.78 is 91.9. The van der Waals surface area contributed by atoms with Gasteiger partial charge in [0.2, 0.25) is 0 Å². The minimum absolute atomic E-state index is 0.136. The molecule has 0 amide bonds. The molecule has 0 spiro atoms. The number of nitrogens with two attached hydrogens (primary N) is 3. The highest BCUT2D eigenvalue weighted by Crippen LogP contribution is 2.49. The van der Waals surface area contributed by atoms with Gasteiger partial charge in [-0.3, -0.25) is 27.4 Å². The Morgan fingerprint density at radius 2 is 0.889 bits per heavy atom. The second-order valence-electron chi connectivity index (χ2n) is 13.5. The van der Waals surface area contributed by atoms with Crippen molar-refractivity contribution in [2.24, 2.45) is 0 Å². The summed E-state index contributed by atoms with van der Waals surface area (Å²) in [4.78, 5) is 86.8. The largest absolute Gasteiger partial charge is 0.756 e. The zero-order valence-electron chi connectivity index (χ0n) is 32.4. The highest BCUT2D eigenvalue weighted by molar-refractivity contribution is 7.46. The molecule has 6 heterocycles. The van der Waals surface area contributed by atoms with E-state index in [9.17, 15) is 58.1 Å². The molecule has 3 fully saturated rings. The third-order valence-electron chi connectivity index (χ3n) is 9.49. The molecule has 63 heavy (non-hydrogen) atoms. The van der Waals surface area contributed by atoms with E-state index in [1.54, 1.807) is 0 Å². The zero-order valence-corrected chi connectivity index (χ0v) is 35.1. The van der Waals surface area contributed by atoms with Gasteiger partial charge in [-0.15, -0.1) is 0 Å². The van der Waals surface area contributed by atoms with Crippen molar-refractivity contribution in [2.75, 3.05) is 51.2 Å². The average molecular weight is 959 g/mol. The second-order valence-corrected chi connectivity index (χ2v) is 17.8. The van der Waals surface area contributed by atoms with Crippen molar-refractivity contribution in [3.05, 3.63) is 68.2 Å². The Labute approximate surface area is 352 Å². The molecule has 3 aromatic rings. The Kier molecular flexibility index (Phi) is 14.9. The standard InChI is InChI=1S/C29H42N9O22P3/c1-51-21-12(56-24(18(21)39)36-6-3-15(30)33-27(36)42)9-54-62(47,48)60-23-14(58-26(20(23)41)38-8-5-17(32)35-29(38)44)11-55-63(49,50)59-22-13(10-53-61(45,46)52-2)57-25(19(22)40)37-7-4-16(31)34-28(37)43/h3-8,12-14,18-26,39-41H,9-11H2,1-2H3,(H,45,46)(H,47,48)(H,49,50)(H2,30,33,42)(H2,31,34,43)(H2,32,35,44)/p-3/t12-,13-,14-,18?,19?,20?,21+,22+,23+,24-,25-,26-/m1/s1. The number of nitrogen functional groups attached to an aromatic ring is 3. The van der Waals surface area contributed by atoms with Crippen LogP contribution in [0.4, 0.5) is 17.5 Å². The monoisotopic (exact) mass is 958 g/mol. The van der Waals surface area contributed by atoms with E-state index in [4.69, 9.17) is 54.2 Å². The summed E-state index contributed by atoms with van der Waals surface area (Å²) in [7, 11) is -14.6. The van der Waals surface area contributed by atoms with Crippen molar-refractivity contribution >= 4 is 40.9 Å². The van der Waals surface area contributed by atoms with Crippen molar-refractivity contribution in [3.63, 3.8) is 0 Å². The number of rotatable bonds is 18. The lowest BCUT2D eigenvalue weighted by Crippen LogP contribution is -2.40. The van der Waals surface area contributed by atoms with E-state index in [2.05, 4.69) is 24.0 Å². The van der Waals surface area contributed by atoms with Crippen LogP contribution in [0.15, 0.2) is 51.2 Å². The number of phosphoric ester groups is 3. The Morgan fingerprint density at radius 3 is 1.19 bits per heavy atom. The molecule has 31 nitrogen and oxygen atoms in total. The fourth-order valence-corrected chi connectivity index (χ4v) is 8.90. The van der Waals surface area contributed by atoms with Gasteiger partial charge in [0, 0.05) is 32.8 Å². The molecule has 34 heteroatoms. The minimum Gasteiger partial charge on any atom is -0.756 e. The SMILES string of the molecule is CO[C@@H]1C(O)[C@H](n2ccc(N)nc2=O)O[C@@H]1COP(=O)([O-])O[C@@H]1C(O)[C@H](n2ccc(N)nc2=O)O[C@@H]1COP(=O)([O-])O[C@@H]1C(O)[C@H](n2ccc(N)nc2=O)O[C@@H]1COP(=O)([O-])OC. The molecular formula is C29H39N9O22P3-3. The van der Waals surface area contributed by atoms with Crippen molar-refractivity contribution in [3.8, 4) is 0 Å². The number of nitrogens with zero attached hydrogens (tertiary/aromatic N) is 6. The number of aliphatic hydroxyl groups excluding tert-OH is 3. The maximum Gasteiger partial charge on any atom is 0.351 e. The first-order valence-corrected chi connectivity index (χ1v) is 22.3. The molecule has 15 atom stereocenters. The molecule has 0 aliphatic carbocycles. The number of phosphoric acid groups is 3. The van der Waals surface area contributed by atoms with Gasteiger partial charge >= 0.3 is 17.1 Å². The average Bonchev–Trinajstić information content (AvgIpc) is 3.80. The molecular weight excluding hydrogens is 919 g/mol. The van der Waals surface area contributed by atoms with E-state index >= 15 is 0 Å². The van der Waals surface area contributed by atoms with Gasteiger partial charge in [-0.2, -0.15) is 15.0 Å². The Hall–Kier alpha value is -3.91. The molecule has 3 saturated heterocycles. The Bertz CT molecular complexity index is 2440. The third kappa shape index (κ3) is 11.1. The summed E-state index contributed by atoms with van der Waals surface area (Å²) in [5.74, 6) is -0.623. The number of hydrogen-bond donors (Lipinski definition) is 6. The van der Waals surface area contributed by atoms with Crippen molar-refractivity contribution in [1.29, 1.82) is 0 Å². The lowest BCUT2D eigenvalue weighted by Gasteiger charge is -2.33. The first kappa shape index (κ1) is 48.5. The van der Waals surface area contributed by atoms with Gasteiger partial charge in [-0.05, 0) is 18.2 Å². The summed E-state index contributed by atoms with van der Waals surface area (Å²) >= 11 is 0. The van der Waals surface area contributed by atoms with Gasteiger partial charge in [-0.25, -0.2) is 14.4 Å². The fourth-order valence-electron chi connectivity index (χ4n) is 6.57. The summed E-state index contributed by atoms with van der Waals surface area (Å²) in [6, 6.07) is 3.47. The van der Waals surface area contributed by atoms with E-state index < -0.39 is 134 Å². The summed E-state index contributed by atoms with van der Waals surface area (Å²) in [6.45, 7) is -3.25. The second kappa shape index (κ2) is 19.3. The quantitative estimate of drug-likeness (QED) is 0.0647. The predicted octanol–water partition coefficient (Wildman–Crippen LogP) is -5.83. The molecule has 6 rings (SSSR count). The molecule has 6 unspecified atom stereocenters. The van der Waals surface area contributed by atoms with Gasteiger partial charge in [-0.1, -0.05) is 0 Å². The maximum absolute atomic E-state index is 13.3. The van der Waals surface area contributed by atoms with Crippen molar-refractivity contribution < 1.29 is 89.8 Å². The van der Waals surface area contributed by atoms with Crippen LogP contribution in [0.25, 0.3) is 0 Å². The summed E-state index contributed by atoms with van der Waals surface area (Å²) in [5.41, 5.74) is 13.5. The van der Waals surface area contributed by atoms with E-state index in [1.807, 2.05) is 0 Å². The molecule has 0 bridgehead atoms. The molecule has 3 aromatic heterocycles. The van der Waals surface area contributed by atoms with Crippen LogP contribution in [0.1, 0.15) is 18.7 Å². The van der Waals surface area contributed by atoms with E-state index in [1.165, 1.54) is 6.07 Å². The first-order valence-electron chi connectivity index (χ1n) is 17.9. The van der Waals surface area contributed by atoms with Crippen LogP contribution in [0.5, 0.6) is 0 Å². The van der Waals surface area contributed by atoms with Gasteiger partial charge < -0.3 is 93.3 Å². The highest BCUT2D eigenvalue weighted by Gasteiger charge is 2.51. The van der Waals surface area contributed by atoms with E-state index in [0.717, 1.165) is 49.5 Å². The van der Waals surface area contributed by atoms with Crippen LogP contribution in [-0.4, -0.2) is 133 Å². The van der Waals surface area contributed by atoms with Crippen LogP contribution >= 0.6 is 23.5 Å². The molecule has 0 radical (unpaired) electrons. The number of ether oxygens (including phenoxy) is 4. The molecule has 3 aliphatic rings. The molecule has 350 valence electrons. The number of hydrogen-bond acceptors (Lipinski definition) is 28. The minimum atomic E-state index is -5.79. The fraction of sp³-hybridized carbons (Fsp3) is 0.586. The lowest BCUT2D eigenvalue weighted by atomic mass is 10.1. The topological polar surface area (TPSA) is 456 Å². The van der Waals surface area contributed by atoms with Gasteiger partial charge in [0.05, 0.1) is 19.8 Å². The van der Waals surface area contributed by atoms with Crippen LogP contribution in [-0.2, 0) is 59.8 Å². The number of aliphatic hydroxyl groups is 3. The van der Waals surface area contributed by atoms with Crippen molar-refractivity contribution in [2.45, 2.75) is 73.6 Å². The smallest absolute Gasteiger partial charge is 0.351 e. The predicted molar refractivity (Wildman–Crippen MR) is 197 cm³/mol. The van der Waals surface area contributed by atoms with E-state index in [0.29, 0.717) is 9.13 Å². The normalized spacial score (nSPS) is 32.6. The van der Waals surface area contributed by atoms with Crippen LogP contribution < -0.4 is 49.0 Å². The van der Waals surface area contributed by atoms with Gasteiger partial charge in [0.25, 0.3) is 23.5 Å². The van der Waals surface area contributed by atoms with Gasteiger partial charge in [0.1, 0.15) is 72.4 Å². The van der Waals surface area contributed by atoms with Crippen molar-refractivity contribution in [1.82, 2.24) is 28.7 Å². The molecule has 0 saturated carbocycles. The third-order valence-corrected chi connectivity index (χ3v) is 12.3. The molecule has 0 aromatic carbocycles. The number of anilines is 3. The molecule has 3 aliphatic heterocycles.